The first-order valence-electron chi connectivity index (χ1n) is 10.0. The maximum Gasteiger partial charge on any atom is 0.269 e. The highest BCUT2D eigenvalue weighted by atomic mass is 16.6. The molecule has 1 aromatic rings. The molecule has 3 aliphatic rings. The molecule has 1 unspecified atom stereocenters. The molecule has 6 nitrogen and oxygen atoms in total. The second kappa shape index (κ2) is 6.37. The molecular weight excluding hydrogens is 368 g/mol. The van der Waals surface area contributed by atoms with Crippen LogP contribution in [0.5, 0.6) is 0 Å². The number of nitrogens with zero attached hydrogens (tertiary/aromatic N) is 1. The monoisotopic (exact) mass is 394 g/mol. The van der Waals surface area contributed by atoms with Gasteiger partial charge in [0.25, 0.3) is 5.69 Å². The Morgan fingerprint density at radius 1 is 1.07 bits per heavy atom. The standard InChI is InChI=1S/C23H26N2O4/c1-22(2)10-17-21(18(26)12-22)20(13-6-5-7-14(8-13)25(28)29)15-9-19(27)23(3,4)11-16(15)24-17/h5-8,20,24H,9-12H2,1-4H3. The molecule has 0 radical (unpaired) electrons. The van der Waals surface area contributed by atoms with Gasteiger partial charge in [-0.1, -0.05) is 39.8 Å². The summed E-state index contributed by atoms with van der Waals surface area (Å²) in [6.45, 7) is 8.06. The number of carbonyl (C=O) groups excluding carboxylic acids is 2. The molecule has 152 valence electrons. The van der Waals surface area contributed by atoms with E-state index in [4.69, 9.17) is 0 Å². The molecule has 4 rings (SSSR count). The van der Waals surface area contributed by atoms with Gasteiger partial charge in [0.15, 0.2) is 5.78 Å². The maximum absolute atomic E-state index is 13.2. The Hall–Kier alpha value is -2.76. The smallest absolute Gasteiger partial charge is 0.269 e. The summed E-state index contributed by atoms with van der Waals surface area (Å²) in [5.74, 6) is -0.199. The van der Waals surface area contributed by atoms with Gasteiger partial charge in [-0.05, 0) is 29.4 Å². The summed E-state index contributed by atoms with van der Waals surface area (Å²) in [4.78, 5) is 36.9. The SMILES string of the molecule is CC1(C)CC(=O)C2=C(C1)NC1=C(CC(=O)C(C)(C)C1)C2c1cccc([N+](=O)[O-])c1. The first-order chi connectivity index (χ1) is 13.5. The van der Waals surface area contributed by atoms with Crippen LogP contribution in [0.4, 0.5) is 5.69 Å². The van der Waals surface area contributed by atoms with Crippen LogP contribution in [-0.4, -0.2) is 16.5 Å². The summed E-state index contributed by atoms with van der Waals surface area (Å²) in [5, 5.41) is 14.8. The molecular formula is C23H26N2O4. The highest BCUT2D eigenvalue weighted by molar-refractivity contribution is 6.01. The zero-order chi connectivity index (χ0) is 21.1. The lowest BCUT2D eigenvalue weighted by Crippen LogP contribution is -2.42. The first-order valence-corrected chi connectivity index (χ1v) is 10.0. The molecule has 1 atom stereocenters. The Morgan fingerprint density at radius 2 is 1.79 bits per heavy atom. The van der Waals surface area contributed by atoms with Crippen molar-refractivity contribution in [1.82, 2.24) is 5.32 Å². The molecule has 1 aliphatic heterocycles. The number of Topliss-reactive ketones (excluding diaryl/α,β-unsaturated/α-hetero) is 2. The van der Waals surface area contributed by atoms with Crippen LogP contribution < -0.4 is 5.32 Å². The third-order valence-electron chi connectivity index (χ3n) is 6.39. The van der Waals surface area contributed by atoms with Crippen molar-refractivity contribution >= 4 is 17.3 Å². The van der Waals surface area contributed by atoms with E-state index in [0.717, 1.165) is 23.4 Å². The second-order valence-electron chi connectivity index (χ2n) is 9.91. The number of hydrogen-bond donors (Lipinski definition) is 1. The summed E-state index contributed by atoms with van der Waals surface area (Å²) >= 11 is 0. The summed E-state index contributed by atoms with van der Waals surface area (Å²) in [6.07, 6.45) is 2.01. The zero-order valence-electron chi connectivity index (χ0n) is 17.3. The lowest BCUT2D eigenvalue weighted by Gasteiger charge is -2.44. The van der Waals surface area contributed by atoms with Gasteiger partial charge in [-0.15, -0.1) is 0 Å². The van der Waals surface area contributed by atoms with Crippen molar-refractivity contribution in [3.8, 4) is 0 Å². The number of nitrogens with one attached hydrogen (secondary N) is 1. The van der Waals surface area contributed by atoms with E-state index in [2.05, 4.69) is 19.2 Å². The number of hydrogen-bond acceptors (Lipinski definition) is 5. The van der Waals surface area contributed by atoms with Crippen molar-refractivity contribution in [1.29, 1.82) is 0 Å². The largest absolute Gasteiger partial charge is 0.362 e. The van der Waals surface area contributed by atoms with E-state index in [9.17, 15) is 19.7 Å². The molecule has 1 N–H and O–H groups in total. The molecule has 1 heterocycles. The first kappa shape index (κ1) is 19.6. The Balaban J connectivity index is 1.90. The summed E-state index contributed by atoms with van der Waals surface area (Å²) in [5.41, 5.74) is 3.57. The third-order valence-corrected chi connectivity index (χ3v) is 6.39. The van der Waals surface area contributed by atoms with E-state index in [1.54, 1.807) is 12.1 Å². The topological polar surface area (TPSA) is 89.3 Å². The minimum atomic E-state index is -0.467. The molecule has 0 bridgehead atoms. The van der Waals surface area contributed by atoms with E-state index in [0.29, 0.717) is 24.0 Å². The summed E-state index contributed by atoms with van der Waals surface area (Å²) in [6, 6.07) is 6.48. The van der Waals surface area contributed by atoms with Gasteiger partial charge in [0.2, 0.25) is 0 Å². The fourth-order valence-corrected chi connectivity index (χ4v) is 4.90. The molecule has 0 spiro atoms. The quantitative estimate of drug-likeness (QED) is 0.586. The molecule has 0 saturated heterocycles. The van der Waals surface area contributed by atoms with E-state index in [1.165, 1.54) is 6.07 Å². The number of allylic oxidation sites excluding steroid dienone is 4. The molecule has 29 heavy (non-hydrogen) atoms. The molecule has 0 fully saturated rings. The number of nitro benzene ring substituents is 1. The number of nitro groups is 1. The second-order valence-corrected chi connectivity index (χ2v) is 9.91. The zero-order valence-corrected chi connectivity index (χ0v) is 17.3. The van der Waals surface area contributed by atoms with Crippen LogP contribution in [0.3, 0.4) is 0 Å². The number of rotatable bonds is 2. The fourth-order valence-electron chi connectivity index (χ4n) is 4.90. The van der Waals surface area contributed by atoms with E-state index in [1.807, 2.05) is 19.9 Å². The highest BCUT2D eigenvalue weighted by Crippen LogP contribution is 2.51. The van der Waals surface area contributed by atoms with Crippen molar-refractivity contribution in [2.75, 3.05) is 0 Å². The van der Waals surface area contributed by atoms with Crippen LogP contribution in [0.25, 0.3) is 0 Å². The van der Waals surface area contributed by atoms with Crippen molar-refractivity contribution < 1.29 is 14.5 Å². The van der Waals surface area contributed by atoms with Crippen molar-refractivity contribution in [2.45, 2.75) is 59.3 Å². The van der Waals surface area contributed by atoms with E-state index < -0.39 is 16.3 Å². The molecule has 0 aromatic heterocycles. The maximum atomic E-state index is 13.2. The minimum absolute atomic E-state index is 0.00335. The molecule has 1 aromatic carbocycles. The van der Waals surface area contributed by atoms with Gasteiger partial charge < -0.3 is 5.32 Å². The number of carbonyl (C=O) groups is 2. The lowest BCUT2D eigenvalue weighted by atomic mass is 9.64. The Morgan fingerprint density at radius 3 is 2.48 bits per heavy atom. The van der Waals surface area contributed by atoms with Gasteiger partial charge in [0.1, 0.15) is 5.78 Å². The van der Waals surface area contributed by atoms with Gasteiger partial charge in [-0.3, -0.25) is 19.7 Å². The Labute approximate surface area is 170 Å². The lowest BCUT2D eigenvalue weighted by molar-refractivity contribution is -0.384. The van der Waals surface area contributed by atoms with Crippen LogP contribution in [-0.2, 0) is 9.59 Å². The van der Waals surface area contributed by atoms with Gasteiger partial charge in [0, 0.05) is 53.3 Å². The van der Waals surface area contributed by atoms with E-state index in [-0.39, 0.29) is 29.1 Å². The minimum Gasteiger partial charge on any atom is -0.362 e. The van der Waals surface area contributed by atoms with Crippen molar-refractivity contribution in [2.24, 2.45) is 10.8 Å². The molecule has 0 amide bonds. The number of ketones is 2. The third kappa shape index (κ3) is 3.30. The van der Waals surface area contributed by atoms with Crippen LogP contribution in [0.1, 0.15) is 64.9 Å². The summed E-state index contributed by atoms with van der Waals surface area (Å²) in [7, 11) is 0. The van der Waals surface area contributed by atoms with Crippen LogP contribution in [0.15, 0.2) is 46.8 Å². The Kier molecular flexibility index (Phi) is 4.30. The Bertz CT molecular complexity index is 1010. The number of benzene rings is 1. The predicted molar refractivity (Wildman–Crippen MR) is 109 cm³/mol. The van der Waals surface area contributed by atoms with Gasteiger partial charge in [-0.2, -0.15) is 0 Å². The van der Waals surface area contributed by atoms with Gasteiger partial charge in [-0.25, -0.2) is 0 Å². The van der Waals surface area contributed by atoms with E-state index >= 15 is 0 Å². The average molecular weight is 394 g/mol. The van der Waals surface area contributed by atoms with Crippen molar-refractivity contribution in [3.63, 3.8) is 0 Å². The van der Waals surface area contributed by atoms with Gasteiger partial charge in [0.05, 0.1) is 4.92 Å². The highest BCUT2D eigenvalue weighted by Gasteiger charge is 2.46. The molecule has 6 heteroatoms. The van der Waals surface area contributed by atoms with Crippen LogP contribution >= 0.6 is 0 Å². The van der Waals surface area contributed by atoms with Crippen molar-refractivity contribution in [3.05, 3.63) is 62.5 Å². The van der Waals surface area contributed by atoms with Crippen LogP contribution in [0.2, 0.25) is 0 Å². The summed E-state index contributed by atoms with van der Waals surface area (Å²) < 4.78 is 0. The molecule has 2 aliphatic carbocycles. The van der Waals surface area contributed by atoms with Gasteiger partial charge >= 0.3 is 0 Å². The number of dihydropyridines is 1. The van der Waals surface area contributed by atoms with Crippen LogP contribution in [0, 0.1) is 20.9 Å². The predicted octanol–water partition coefficient (Wildman–Crippen LogP) is 4.57. The normalized spacial score (nSPS) is 25.3. The molecule has 0 saturated carbocycles. The number of non-ortho nitro benzene ring substituents is 1. The average Bonchev–Trinajstić information content (AvgIpc) is 2.60. The fraction of sp³-hybridized carbons (Fsp3) is 0.478.